The third kappa shape index (κ3) is 2.58. The topological polar surface area (TPSA) is 56.3 Å². The molecule has 1 saturated heterocycles. The summed E-state index contributed by atoms with van der Waals surface area (Å²) in [5.41, 5.74) is 2.73. The van der Waals surface area contributed by atoms with Crippen LogP contribution in [0.3, 0.4) is 0 Å². The Morgan fingerprint density at radius 2 is 2.28 bits per heavy atom. The van der Waals surface area contributed by atoms with Gasteiger partial charge in [-0.25, -0.2) is 0 Å². The maximum atomic E-state index is 12.5. The molecule has 4 nitrogen and oxygen atoms in total. The molecule has 1 unspecified atom stereocenters. The Morgan fingerprint density at radius 1 is 1.50 bits per heavy atom. The molecular formula is C14H22N2O2. The molecule has 1 aliphatic rings. The molecule has 0 spiro atoms. The number of hydrogen-bond donors (Lipinski definition) is 2. The van der Waals surface area contributed by atoms with E-state index in [1.165, 1.54) is 0 Å². The lowest BCUT2D eigenvalue weighted by Crippen LogP contribution is -2.44. The number of carbonyl (C=O) groups excluding carboxylic acids is 1. The summed E-state index contributed by atoms with van der Waals surface area (Å²) in [7, 11) is 0. The van der Waals surface area contributed by atoms with E-state index in [9.17, 15) is 4.79 Å². The van der Waals surface area contributed by atoms with E-state index in [-0.39, 0.29) is 18.6 Å². The average molecular weight is 250 g/mol. The van der Waals surface area contributed by atoms with Crippen molar-refractivity contribution in [3.8, 4) is 0 Å². The second-order valence-corrected chi connectivity index (χ2v) is 5.17. The number of aromatic amines is 1. The zero-order valence-corrected chi connectivity index (χ0v) is 11.2. The fourth-order valence-electron chi connectivity index (χ4n) is 2.81. The zero-order valence-electron chi connectivity index (χ0n) is 11.2. The van der Waals surface area contributed by atoms with Crippen molar-refractivity contribution in [3.05, 3.63) is 23.0 Å². The first-order valence-corrected chi connectivity index (χ1v) is 6.71. The number of piperidine rings is 1. The number of rotatable bonds is 3. The Balaban J connectivity index is 2.18. The molecule has 0 saturated carbocycles. The van der Waals surface area contributed by atoms with Crippen LogP contribution in [0.2, 0.25) is 0 Å². The van der Waals surface area contributed by atoms with Gasteiger partial charge in [0.15, 0.2) is 0 Å². The third-order valence-corrected chi connectivity index (χ3v) is 3.71. The lowest BCUT2D eigenvalue weighted by molar-refractivity contribution is 0.0568. The number of carbonyl (C=O) groups is 1. The SMILES string of the molecule is Cc1cc(C)c(C(=O)N2CCCCC2CCO)[nH]1. The van der Waals surface area contributed by atoms with Gasteiger partial charge >= 0.3 is 0 Å². The van der Waals surface area contributed by atoms with Gasteiger partial charge in [0.1, 0.15) is 5.69 Å². The predicted octanol–water partition coefficient (Wildman–Crippen LogP) is 2.01. The van der Waals surface area contributed by atoms with Crippen LogP contribution < -0.4 is 0 Å². The molecular weight excluding hydrogens is 228 g/mol. The Kier molecular flexibility index (Phi) is 4.07. The van der Waals surface area contributed by atoms with Crippen LogP contribution in [0.5, 0.6) is 0 Å². The fourth-order valence-corrected chi connectivity index (χ4v) is 2.81. The summed E-state index contributed by atoms with van der Waals surface area (Å²) in [6.07, 6.45) is 3.90. The van der Waals surface area contributed by atoms with Crippen LogP contribution in [0.1, 0.15) is 47.4 Å². The number of amides is 1. The number of hydrogen-bond acceptors (Lipinski definition) is 2. The molecule has 100 valence electrons. The first-order valence-electron chi connectivity index (χ1n) is 6.71. The van der Waals surface area contributed by atoms with Crippen molar-refractivity contribution in [2.75, 3.05) is 13.2 Å². The number of aliphatic hydroxyl groups is 1. The van der Waals surface area contributed by atoms with E-state index in [1.54, 1.807) is 0 Å². The highest BCUT2D eigenvalue weighted by Gasteiger charge is 2.28. The zero-order chi connectivity index (χ0) is 13.1. The van der Waals surface area contributed by atoms with E-state index in [1.807, 2.05) is 24.8 Å². The van der Waals surface area contributed by atoms with Crippen molar-refractivity contribution >= 4 is 5.91 Å². The van der Waals surface area contributed by atoms with Crippen LogP contribution in [-0.2, 0) is 0 Å². The minimum absolute atomic E-state index is 0.0822. The summed E-state index contributed by atoms with van der Waals surface area (Å²) >= 11 is 0. The van der Waals surface area contributed by atoms with Gasteiger partial charge in [-0.2, -0.15) is 0 Å². The number of aromatic nitrogens is 1. The number of aryl methyl sites for hydroxylation is 2. The molecule has 2 heterocycles. The van der Waals surface area contributed by atoms with Crippen LogP contribution >= 0.6 is 0 Å². The predicted molar refractivity (Wildman–Crippen MR) is 70.6 cm³/mol. The van der Waals surface area contributed by atoms with Crippen molar-refractivity contribution in [2.24, 2.45) is 0 Å². The van der Waals surface area contributed by atoms with Crippen molar-refractivity contribution in [1.82, 2.24) is 9.88 Å². The summed E-state index contributed by atoms with van der Waals surface area (Å²) in [6, 6.07) is 2.19. The Morgan fingerprint density at radius 3 is 2.89 bits per heavy atom. The molecule has 4 heteroatoms. The van der Waals surface area contributed by atoms with E-state index >= 15 is 0 Å². The molecule has 1 aliphatic heterocycles. The molecule has 0 bridgehead atoms. The lowest BCUT2D eigenvalue weighted by atomic mass is 9.99. The fraction of sp³-hybridized carbons (Fsp3) is 0.643. The first-order chi connectivity index (χ1) is 8.63. The van der Waals surface area contributed by atoms with Crippen LogP contribution in [-0.4, -0.2) is 40.1 Å². The summed E-state index contributed by atoms with van der Waals surface area (Å²) in [5, 5.41) is 9.10. The molecule has 0 aliphatic carbocycles. The highest BCUT2D eigenvalue weighted by Crippen LogP contribution is 2.22. The van der Waals surface area contributed by atoms with Crippen LogP contribution in [0.25, 0.3) is 0 Å². The summed E-state index contributed by atoms with van der Waals surface area (Å²) in [6.45, 7) is 4.88. The highest BCUT2D eigenvalue weighted by molar-refractivity contribution is 5.94. The van der Waals surface area contributed by atoms with Crippen LogP contribution in [0.4, 0.5) is 0 Å². The molecule has 2 rings (SSSR count). The van der Waals surface area contributed by atoms with Gasteiger partial charge in [-0.3, -0.25) is 4.79 Å². The molecule has 0 radical (unpaired) electrons. The first kappa shape index (κ1) is 13.1. The number of H-pyrrole nitrogens is 1. The molecule has 1 fully saturated rings. The van der Waals surface area contributed by atoms with Gasteiger partial charge in [-0.05, 0) is 51.2 Å². The molecule has 0 aromatic carbocycles. The van der Waals surface area contributed by atoms with E-state index in [0.717, 1.165) is 37.1 Å². The second kappa shape index (κ2) is 5.57. The largest absolute Gasteiger partial charge is 0.396 e. The maximum Gasteiger partial charge on any atom is 0.270 e. The quantitative estimate of drug-likeness (QED) is 0.862. The van der Waals surface area contributed by atoms with Gasteiger partial charge in [-0.1, -0.05) is 0 Å². The summed E-state index contributed by atoms with van der Waals surface area (Å²) in [4.78, 5) is 17.6. The van der Waals surface area contributed by atoms with Crippen molar-refractivity contribution in [1.29, 1.82) is 0 Å². The summed E-state index contributed by atoms with van der Waals surface area (Å²) in [5.74, 6) is 0.0822. The smallest absolute Gasteiger partial charge is 0.270 e. The molecule has 1 aromatic heterocycles. The van der Waals surface area contributed by atoms with Crippen molar-refractivity contribution in [3.63, 3.8) is 0 Å². The van der Waals surface area contributed by atoms with E-state index in [4.69, 9.17) is 5.11 Å². The minimum Gasteiger partial charge on any atom is -0.396 e. The summed E-state index contributed by atoms with van der Waals surface area (Å²) < 4.78 is 0. The van der Waals surface area contributed by atoms with Gasteiger partial charge in [0.05, 0.1) is 0 Å². The van der Waals surface area contributed by atoms with Gasteiger partial charge in [0.25, 0.3) is 5.91 Å². The molecule has 1 atom stereocenters. The average Bonchev–Trinajstić information content (AvgIpc) is 2.69. The van der Waals surface area contributed by atoms with Crippen molar-refractivity contribution < 1.29 is 9.90 Å². The van der Waals surface area contributed by atoms with Crippen molar-refractivity contribution in [2.45, 2.75) is 45.6 Å². The van der Waals surface area contributed by atoms with Gasteiger partial charge in [-0.15, -0.1) is 0 Å². The van der Waals surface area contributed by atoms with Crippen LogP contribution in [0.15, 0.2) is 6.07 Å². The standard InChI is InChI=1S/C14H22N2O2/c1-10-9-11(2)15-13(10)14(18)16-7-4-3-5-12(16)6-8-17/h9,12,15,17H,3-8H2,1-2H3. The van der Waals surface area contributed by atoms with Crippen LogP contribution in [0, 0.1) is 13.8 Å². The number of nitrogens with one attached hydrogen (secondary N) is 1. The van der Waals surface area contributed by atoms with E-state index < -0.39 is 0 Å². The Labute approximate surface area is 108 Å². The van der Waals surface area contributed by atoms with E-state index in [2.05, 4.69) is 4.98 Å². The van der Waals surface area contributed by atoms with Gasteiger partial charge in [0.2, 0.25) is 0 Å². The monoisotopic (exact) mass is 250 g/mol. The molecule has 1 aromatic rings. The second-order valence-electron chi connectivity index (χ2n) is 5.17. The van der Waals surface area contributed by atoms with Gasteiger partial charge in [0, 0.05) is 24.9 Å². The Hall–Kier alpha value is -1.29. The third-order valence-electron chi connectivity index (χ3n) is 3.71. The van der Waals surface area contributed by atoms with Gasteiger partial charge < -0.3 is 15.0 Å². The number of likely N-dealkylation sites (tertiary alicyclic amines) is 1. The maximum absolute atomic E-state index is 12.5. The normalized spacial score (nSPS) is 20.2. The number of nitrogens with zero attached hydrogens (tertiary/aromatic N) is 1. The molecule has 1 amide bonds. The molecule has 18 heavy (non-hydrogen) atoms. The lowest BCUT2D eigenvalue weighted by Gasteiger charge is -2.35. The van der Waals surface area contributed by atoms with E-state index in [0.29, 0.717) is 12.1 Å². The Bertz CT molecular complexity index is 423. The minimum atomic E-state index is 0.0822. The molecule has 2 N–H and O–H groups in total. The number of aliphatic hydroxyl groups excluding tert-OH is 1. The highest BCUT2D eigenvalue weighted by atomic mass is 16.3.